The molecule has 2 aliphatic rings. The molecular weight excluding hydrogens is 388 g/mol. The second-order valence-corrected chi connectivity index (χ2v) is 10.4. The Balaban J connectivity index is 1.54. The van der Waals surface area contributed by atoms with Gasteiger partial charge in [-0.3, -0.25) is 0 Å². The minimum Gasteiger partial charge on any atom is -0.394 e. The Kier molecular flexibility index (Phi) is 6.08. The third kappa shape index (κ3) is 4.61. The molecule has 0 spiro atoms. The highest BCUT2D eigenvalue weighted by molar-refractivity contribution is 5.64. The van der Waals surface area contributed by atoms with Crippen LogP contribution in [0.3, 0.4) is 0 Å². The highest BCUT2D eigenvalue weighted by Crippen LogP contribution is 2.46. The van der Waals surface area contributed by atoms with Gasteiger partial charge in [0.2, 0.25) is 5.95 Å². The molecule has 0 bridgehead atoms. The Morgan fingerprint density at radius 3 is 2.61 bits per heavy atom. The van der Waals surface area contributed by atoms with E-state index in [1.54, 1.807) is 0 Å². The van der Waals surface area contributed by atoms with Gasteiger partial charge in [0, 0.05) is 37.4 Å². The Hall–Kier alpha value is -2.02. The van der Waals surface area contributed by atoms with Crippen LogP contribution in [-0.2, 0) is 10.8 Å². The van der Waals surface area contributed by atoms with E-state index in [0.29, 0.717) is 6.54 Å². The summed E-state index contributed by atoms with van der Waals surface area (Å²) in [5, 5.41) is 21.9. The molecule has 0 saturated carbocycles. The van der Waals surface area contributed by atoms with E-state index in [0.717, 1.165) is 36.7 Å². The Bertz CT molecular complexity index is 927. The number of hydrogen-bond donors (Lipinski definition) is 3. The predicted molar refractivity (Wildman–Crippen MR) is 124 cm³/mol. The van der Waals surface area contributed by atoms with Crippen LogP contribution in [0.1, 0.15) is 58.1 Å². The van der Waals surface area contributed by atoms with Crippen LogP contribution in [0.4, 0.5) is 5.95 Å². The minimum atomic E-state index is -0.716. The van der Waals surface area contributed by atoms with Gasteiger partial charge in [-0.05, 0) is 53.4 Å². The lowest BCUT2D eigenvalue weighted by Crippen LogP contribution is -2.38. The van der Waals surface area contributed by atoms with Gasteiger partial charge in [-0.2, -0.15) is 0 Å². The first-order valence-electron chi connectivity index (χ1n) is 11.5. The highest BCUT2D eigenvalue weighted by atomic mass is 16.3. The van der Waals surface area contributed by atoms with Gasteiger partial charge < -0.3 is 20.4 Å². The van der Waals surface area contributed by atoms with Gasteiger partial charge in [0.25, 0.3) is 0 Å². The van der Waals surface area contributed by atoms with Gasteiger partial charge in [-0.25, -0.2) is 9.97 Å². The van der Waals surface area contributed by atoms with E-state index in [9.17, 15) is 5.11 Å². The maximum atomic E-state index is 9.57. The van der Waals surface area contributed by atoms with Crippen LogP contribution in [0.2, 0.25) is 0 Å². The smallest absolute Gasteiger partial charge is 0.225 e. The summed E-state index contributed by atoms with van der Waals surface area (Å²) in [6.07, 6.45) is 4.50. The van der Waals surface area contributed by atoms with Crippen molar-refractivity contribution in [2.75, 3.05) is 31.1 Å². The van der Waals surface area contributed by atoms with Gasteiger partial charge in [-0.1, -0.05) is 39.8 Å². The van der Waals surface area contributed by atoms with Crippen LogP contribution < -0.4 is 10.2 Å². The van der Waals surface area contributed by atoms with Gasteiger partial charge in [-0.15, -0.1) is 0 Å². The van der Waals surface area contributed by atoms with Crippen molar-refractivity contribution < 1.29 is 10.2 Å². The molecule has 1 aliphatic heterocycles. The Morgan fingerprint density at radius 1 is 1.13 bits per heavy atom. The van der Waals surface area contributed by atoms with Gasteiger partial charge in [0.05, 0.1) is 18.4 Å². The number of nitrogens with one attached hydrogen (secondary N) is 1. The average Bonchev–Trinajstić information content (AvgIpc) is 3.24. The summed E-state index contributed by atoms with van der Waals surface area (Å²) in [6, 6.07) is 9.11. The van der Waals surface area contributed by atoms with Gasteiger partial charge >= 0.3 is 0 Å². The first-order chi connectivity index (χ1) is 14.7. The maximum Gasteiger partial charge on any atom is 0.225 e. The maximum absolute atomic E-state index is 9.57. The Morgan fingerprint density at radius 2 is 1.87 bits per heavy atom. The molecule has 2 heterocycles. The number of aromatic nitrogens is 2. The minimum absolute atomic E-state index is 0.170. The fraction of sp³-hybridized carbons (Fsp3) is 0.600. The lowest BCUT2D eigenvalue weighted by molar-refractivity contribution is 0.0924. The number of anilines is 1. The number of benzene rings is 1. The summed E-state index contributed by atoms with van der Waals surface area (Å²) >= 11 is 0. The van der Waals surface area contributed by atoms with E-state index in [-0.39, 0.29) is 23.5 Å². The van der Waals surface area contributed by atoms with Crippen LogP contribution in [0, 0.1) is 0 Å². The van der Waals surface area contributed by atoms with E-state index in [4.69, 9.17) is 10.1 Å². The molecule has 1 aliphatic carbocycles. The van der Waals surface area contributed by atoms with Crippen molar-refractivity contribution in [3.8, 4) is 11.3 Å². The van der Waals surface area contributed by atoms with Crippen LogP contribution in [0.15, 0.2) is 30.5 Å². The standard InChI is InChI=1S/C25H36N4O2/c1-24(2)9-10-25(3,4)21-13-17(5-6-20(21)24)22-7-11-26-23(28-22)29-12-8-18(15-29)27-14-19(31)16-30/h5-7,11,13,18-19,27,30-31H,8-10,12,14-16H2,1-4H3/t18-,19+/m1/s1. The normalized spacial score (nSPS) is 22.9. The van der Waals surface area contributed by atoms with Crippen molar-refractivity contribution in [2.45, 2.75) is 69.9 Å². The first-order valence-corrected chi connectivity index (χ1v) is 11.5. The van der Waals surface area contributed by atoms with Gasteiger partial charge in [0.15, 0.2) is 0 Å². The van der Waals surface area contributed by atoms with Crippen molar-refractivity contribution in [1.82, 2.24) is 15.3 Å². The lowest BCUT2D eigenvalue weighted by atomic mass is 9.63. The van der Waals surface area contributed by atoms with Crippen molar-refractivity contribution in [2.24, 2.45) is 0 Å². The first kappa shape index (κ1) is 22.2. The zero-order chi connectivity index (χ0) is 22.2. The molecule has 6 nitrogen and oxygen atoms in total. The lowest BCUT2D eigenvalue weighted by Gasteiger charge is -2.42. The second-order valence-electron chi connectivity index (χ2n) is 10.4. The molecule has 168 valence electrons. The van der Waals surface area contributed by atoms with Crippen molar-refractivity contribution in [3.63, 3.8) is 0 Å². The molecule has 3 N–H and O–H groups in total. The summed E-state index contributed by atoms with van der Waals surface area (Å²) in [5.41, 5.74) is 5.38. The van der Waals surface area contributed by atoms with Crippen LogP contribution in [0.5, 0.6) is 0 Å². The van der Waals surface area contributed by atoms with Crippen LogP contribution >= 0.6 is 0 Å². The SMILES string of the molecule is CC1(C)CCC(C)(C)c2cc(-c3ccnc(N4CC[C@@H](NC[C@H](O)CO)C4)n3)ccc21. The molecule has 4 rings (SSSR count). The second kappa shape index (κ2) is 8.49. The topological polar surface area (TPSA) is 81.5 Å². The molecule has 1 saturated heterocycles. The monoisotopic (exact) mass is 424 g/mol. The molecule has 0 unspecified atom stereocenters. The number of fused-ring (bicyclic) bond motifs is 1. The third-order valence-corrected chi connectivity index (χ3v) is 7.12. The fourth-order valence-electron chi connectivity index (χ4n) is 4.89. The van der Waals surface area contributed by atoms with E-state index in [2.05, 4.69) is 61.1 Å². The van der Waals surface area contributed by atoms with Crippen molar-refractivity contribution in [3.05, 3.63) is 41.6 Å². The number of hydrogen-bond acceptors (Lipinski definition) is 6. The van der Waals surface area contributed by atoms with E-state index in [1.165, 1.54) is 24.0 Å². The van der Waals surface area contributed by atoms with Crippen molar-refractivity contribution in [1.29, 1.82) is 0 Å². The summed E-state index contributed by atoms with van der Waals surface area (Å²) in [6.45, 7) is 11.2. The summed E-state index contributed by atoms with van der Waals surface area (Å²) < 4.78 is 0. The number of aliphatic hydroxyl groups is 2. The van der Waals surface area contributed by atoms with Crippen molar-refractivity contribution >= 4 is 5.95 Å². The molecule has 6 heteroatoms. The molecule has 0 radical (unpaired) electrons. The Labute approximate surface area is 185 Å². The molecule has 0 amide bonds. The molecule has 1 aromatic carbocycles. The largest absolute Gasteiger partial charge is 0.394 e. The summed E-state index contributed by atoms with van der Waals surface area (Å²) in [4.78, 5) is 11.6. The average molecular weight is 425 g/mol. The number of nitrogens with zero attached hydrogens (tertiary/aromatic N) is 3. The third-order valence-electron chi connectivity index (χ3n) is 7.12. The molecular formula is C25H36N4O2. The van der Waals surface area contributed by atoms with E-state index in [1.807, 2.05) is 12.3 Å². The quantitative estimate of drug-likeness (QED) is 0.661. The highest BCUT2D eigenvalue weighted by Gasteiger charge is 2.37. The summed E-state index contributed by atoms with van der Waals surface area (Å²) in [7, 11) is 0. The number of rotatable bonds is 6. The van der Waals surface area contributed by atoms with Crippen LogP contribution in [0.25, 0.3) is 11.3 Å². The van der Waals surface area contributed by atoms with Gasteiger partial charge in [0.1, 0.15) is 0 Å². The number of aliphatic hydroxyl groups excluding tert-OH is 2. The zero-order valence-corrected chi connectivity index (χ0v) is 19.2. The molecule has 1 aromatic heterocycles. The van der Waals surface area contributed by atoms with E-state index >= 15 is 0 Å². The molecule has 2 atom stereocenters. The molecule has 2 aromatic rings. The summed E-state index contributed by atoms with van der Waals surface area (Å²) in [5.74, 6) is 0.752. The van der Waals surface area contributed by atoms with Crippen LogP contribution in [-0.4, -0.2) is 58.6 Å². The molecule has 1 fully saturated rings. The predicted octanol–water partition coefficient (Wildman–Crippen LogP) is 3.01. The zero-order valence-electron chi connectivity index (χ0n) is 19.2. The molecule has 31 heavy (non-hydrogen) atoms. The fourth-order valence-corrected chi connectivity index (χ4v) is 4.89. The van der Waals surface area contributed by atoms with E-state index < -0.39 is 6.10 Å².